The fourth-order valence-electron chi connectivity index (χ4n) is 4.18. The topological polar surface area (TPSA) is 107 Å². The van der Waals surface area contributed by atoms with Crippen molar-refractivity contribution in [2.24, 2.45) is 0 Å². The van der Waals surface area contributed by atoms with Crippen LogP contribution in [-0.4, -0.2) is 30.7 Å². The van der Waals surface area contributed by atoms with Crippen LogP contribution in [0.15, 0.2) is 55.0 Å². The standard InChI is InChI=1S/C25H21F3N6O2/c1-14(23-30-7-2-8-31-23)34(11-17-5-4-16(10-32-17)25(26,27)28)24(35)15-3-6-21-18(9-15)19-12-36-13-20(19)22(29)33-21/h2-10,14H,11-13H2,1H3,(H2,29,33)/t14-/m0/s1. The lowest BCUT2D eigenvalue weighted by atomic mass is 10.0. The van der Waals surface area contributed by atoms with Gasteiger partial charge in [0.2, 0.25) is 0 Å². The van der Waals surface area contributed by atoms with Crippen molar-refractivity contribution in [2.45, 2.75) is 38.9 Å². The molecular weight excluding hydrogens is 473 g/mol. The normalized spacial score (nSPS) is 14.0. The Kier molecular flexibility index (Phi) is 6.00. The van der Waals surface area contributed by atoms with Gasteiger partial charge in [-0.25, -0.2) is 15.0 Å². The number of carbonyl (C=O) groups excluding carboxylic acids is 1. The van der Waals surface area contributed by atoms with Crippen molar-refractivity contribution in [3.05, 3.63) is 88.8 Å². The molecule has 36 heavy (non-hydrogen) atoms. The van der Waals surface area contributed by atoms with Gasteiger partial charge < -0.3 is 15.4 Å². The number of carbonyl (C=O) groups is 1. The molecule has 4 aromatic rings. The maximum Gasteiger partial charge on any atom is 0.417 e. The van der Waals surface area contributed by atoms with E-state index in [1.54, 1.807) is 43.6 Å². The summed E-state index contributed by atoms with van der Waals surface area (Å²) < 4.78 is 44.5. The number of halogens is 3. The number of fused-ring (bicyclic) bond motifs is 3. The summed E-state index contributed by atoms with van der Waals surface area (Å²) in [6, 6.07) is 8.38. The minimum Gasteiger partial charge on any atom is -0.383 e. The van der Waals surface area contributed by atoms with Gasteiger partial charge >= 0.3 is 6.18 Å². The minimum atomic E-state index is -4.50. The molecule has 0 spiro atoms. The molecule has 0 saturated heterocycles. The highest BCUT2D eigenvalue weighted by molar-refractivity contribution is 5.99. The van der Waals surface area contributed by atoms with Crippen LogP contribution in [0.1, 0.15) is 51.5 Å². The first-order valence-electron chi connectivity index (χ1n) is 11.1. The number of aromatic nitrogens is 4. The predicted octanol–water partition coefficient (Wildman–Crippen LogP) is 4.45. The van der Waals surface area contributed by atoms with Gasteiger partial charge in [-0.05, 0) is 48.9 Å². The molecule has 0 bridgehead atoms. The number of nitrogen functional groups attached to an aromatic ring is 1. The summed E-state index contributed by atoms with van der Waals surface area (Å²) in [5.74, 6) is 0.434. The van der Waals surface area contributed by atoms with Crippen LogP contribution in [0.3, 0.4) is 0 Å². The van der Waals surface area contributed by atoms with Crippen molar-refractivity contribution in [1.29, 1.82) is 0 Å². The average molecular weight is 494 g/mol. The van der Waals surface area contributed by atoms with Crippen LogP contribution < -0.4 is 5.73 Å². The van der Waals surface area contributed by atoms with E-state index in [2.05, 4.69) is 19.9 Å². The largest absolute Gasteiger partial charge is 0.417 e. The molecule has 1 aromatic carbocycles. The molecule has 4 heterocycles. The molecule has 1 aliphatic rings. The summed E-state index contributed by atoms with van der Waals surface area (Å²) in [5.41, 5.74) is 8.20. The highest BCUT2D eigenvalue weighted by Crippen LogP contribution is 2.33. The van der Waals surface area contributed by atoms with Gasteiger partial charge in [0.15, 0.2) is 0 Å². The second kappa shape index (κ2) is 9.15. The van der Waals surface area contributed by atoms with Crippen LogP contribution in [0.4, 0.5) is 19.0 Å². The Hall–Kier alpha value is -4.12. The zero-order chi connectivity index (χ0) is 25.4. The Morgan fingerprint density at radius 2 is 1.86 bits per heavy atom. The molecule has 2 N–H and O–H groups in total. The lowest BCUT2D eigenvalue weighted by Gasteiger charge is -2.28. The molecule has 0 saturated carbocycles. The first-order valence-corrected chi connectivity index (χ1v) is 11.1. The van der Waals surface area contributed by atoms with E-state index in [9.17, 15) is 18.0 Å². The number of rotatable bonds is 5. The number of benzene rings is 1. The number of alkyl halides is 3. The van der Waals surface area contributed by atoms with E-state index >= 15 is 0 Å². The van der Waals surface area contributed by atoms with E-state index in [0.717, 1.165) is 28.8 Å². The quantitative estimate of drug-likeness (QED) is 0.437. The van der Waals surface area contributed by atoms with Gasteiger partial charge in [-0.15, -0.1) is 0 Å². The monoisotopic (exact) mass is 494 g/mol. The Bertz CT molecular complexity index is 1430. The molecule has 0 radical (unpaired) electrons. The number of nitrogens with zero attached hydrogens (tertiary/aromatic N) is 5. The highest BCUT2D eigenvalue weighted by Gasteiger charge is 2.31. The average Bonchev–Trinajstić information content (AvgIpc) is 3.38. The summed E-state index contributed by atoms with van der Waals surface area (Å²) in [7, 11) is 0. The van der Waals surface area contributed by atoms with Crippen molar-refractivity contribution in [3.63, 3.8) is 0 Å². The molecule has 5 rings (SSSR count). The van der Waals surface area contributed by atoms with Crippen molar-refractivity contribution in [3.8, 4) is 0 Å². The molecule has 1 atom stereocenters. The van der Waals surface area contributed by atoms with Crippen molar-refractivity contribution in [2.75, 3.05) is 5.73 Å². The van der Waals surface area contributed by atoms with Crippen LogP contribution >= 0.6 is 0 Å². The Balaban J connectivity index is 1.53. The molecule has 1 amide bonds. The van der Waals surface area contributed by atoms with Crippen LogP contribution in [0.5, 0.6) is 0 Å². The van der Waals surface area contributed by atoms with Crippen LogP contribution in [0.2, 0.25) is 0 Å². The highest BCUT2D eigenvalue weighted by atomic mass is 19.4. The number of hydrogen-bond donors (Lipinski definition) is 1. The molecule has 0 aliphatic carbocycles. The van der Waals surface area contributed by atoms with Crippen molar-refractivity contribution < 1.29 is 22.7 Å². The van der Waals surface area contributed by atoms with E-state index in [4.69, 9.17) is 10.5 Å². The molecule has 8 nitrogen and oxygen atoms in total. The zero-order valence-electron chi connectivity index (χ0n) is 19.2. The number of nitrogens with two attached hydrogens (primary N) is 1. The number of amides is 1. The molecule has 0 fully saturated rings. The van der Waals surface area contributed by atoms with E-state index in [1.807, 2.05) is 0 Å². The van der Waals surface area contributed by atoms with Gasteiger partial charge in [0.25, 0.3) is 5.91 Å². The second-order valence-corrected chi connectivity index (χ2v) is 8.43. The molecule has 11 heteroatoms. The number of ether oxygens (including phenoxy) is 1. The third kappa shape index (κ3) is 4.44. The molecule has 3 aromatic heterocycles. The number of pyridine rings is 2. The Labute approximate surface area is 204 Å². The third-order valence-corrected chi connectivity index (χ3v) is 6.15. The number of anilines is 1. The van der Waals surface area contributed by atoms with Gasteiger partial charge in [-0.2, -0.15) is 13.2 Å². The van der Waals surface area contributed by atoms with Crippen molar-refractivity contribution >= 4 is 22.6 Å². The first kappa shape index (κ1) is 23.6. The van der Waals surface area contributed by atoms with Gasteiger partial charge in [0, 0.05) is 35.1 Å². The summed E-state index contributed by atoms with van der Waals surface area (Å²) in [5, 5.41) is 0.763. The summed E-state index contributed by atoms with van der Waals surface area (Å²) >= 11 is 0. The zero-order valence-corrected chi connectivity index (χ0v) is 19.2. The van der Waals surface area contributed by atoms with Gasteiger partial charge in [-0.3, -0.25) is 9.78 Å². The molecular formula is C25H21F3N6O2. The summed E-state index contributed by atoms with van der Waals surface area (Å²) in [6.45, 7) is 2.43. The van der Waals surface area contributed by atoms with E-state index < -0.39 is 17.8 Å². The number of hydrogen-bond acceptors (Lipinski definition) is 7. The second-order valence-electron chi connectivity index (χ2n) is 8.43. The maximum absolute atomic E-state index is 13.8. The fraction of sp³-hybridized carbons (Fsp3) is 0.240. The smallest absolute Gasteiger partial charge is 0.383 e. The van der Waals surface area contributed by atoms with Crippen molar-refractivity contribution in [1.82, 2.24) is 24.8 Å². The van der Waals surface area contributed by atoms with E-state index in [-0.39, 0.29) is 12.5 Å². The van der Waals surface area contributed by atoms with Gasteiger partial charge in [0.1, 0.15) is 11.6 Å². The van der Waals surface area contributed by atoms with Crippen LogP contribution in [0, 0.1) is 0 Å². The van der Waals surface area contributed by atoms with E-state index in [1.165, 1.54) is 11.0 Å². The minimum absolute atomic E-state index is 0.0460. The summed E-state index contributed by atoms with van der Waals surface area (Å²) in [6.07, 6.45) is -0.615. The predicted molar refractivity (Wildman–Crippen MR) is 124 cm³/mol. The lowest BCUT2D eigenvalue weighted by molar-refractivity contribution is -0.137. The SMILES string of the molecule is C[C@@H](c1ncccn1)N(Cc1ccc(C(F)(F)F)cn1)C(=O)c1ccc2nc(N)c3c(c2c1)COC3. The Morgan fingerprint density at radius 3 is 2.56 bits per heavy atom. The van der Waals surface area contributed by atoms with Gasteiger partial charge in [0.05, 0.1) is 42.6 Å². The molecule has 184 valence electrons. The first-order chi connectivity index (χ1) is 17.2. The molecule has 1 aliphatic heterocycles. The summed E-state index contributed by atoms with van der Waals surface area (Å²) in [4.78, 5) is 32.1. The van der Waals surface area contributed by atoms with Crippen LogP contribution in [0.25, 0.3) is 10.9 Å². The van der Waals surface area contributed by atoms with Crippen LogP contribution in [-0.2, 0) is 30.7 Å². The lowest BCUT2D eigenvalue weighted by Crippen LogP contribution is -2.34. The fourth-order valence-corrected chi connectivity index (χ4v) is 4.18. The Morgan fingerprint density at radius 1 is 1.11 bits per heavy atom. The molecule has 0 unspecified atom stereocenters. The third-order valence-electron chi connectivity index (χ3n) is 6.15. The van der Waals surface area contributed by atoms with Gasteiger partial charge in [-0.1, -0.05) is 0 Å². The van der Waals surface area contributed by atoms with E-state index in [0.29, 0.717) is 41.6 Å². The maximum atomic E-state index is 13.8.